The van der Waals surface area contributed by atoms with Crippen LogP contribution in [-0.4, -0.2) is 33.8 Å². The summed E-state index contributed by atoms with van der Waals surface area (Å²) in [6.45, 7) is 2.08. The Balaban J connectivity index is 1.63. The Kier molecular flexibility index (Phi) is 7.99. The van der Waals surface area contributed by atoms with E-state index in [1.54, 1.807) is 31.2 Å². The molecule has 0 saturated heterocycles. The first-order chi connectivity index (χ1) is 14.6. The highest BCUT2D eigenvalue weighted by Gasteiger charge is 2.23. The van der Waals surface area contributed by atoms with E-state index >= 15 is 0 Å². The number of hydrogen-bond acceptors (Lipinski definition) is 6. The third-order valence-corrected chi connectivity index (χ3v) is 5.76. The van der Waals surface area contributed by atoms with Gasteiger partial charge in [-0.3, -0.25) is 4.79 Å². The lowest BCUT2D eigenvalue weighted by Gasteiger charge is -2.21. The fraction of sp³-hybridized carbons (Fsp3) is 0.565. The molecule has 1 saturated carbocycles. The lowest BCUT2D eigenvalue weighted by molar-refractivity contribution is -0.137. The number of nitrogens with zero attached hydrogens (tertiary/aromatic N) is 2. The summed E-state index contributed by atoms with van der Waals surface area (Å²) >= 11 is 0. The average molecular weight is 415 g/mol. The number of hydrogen-bond donors (Lipinski definition) is 1. The molecule has 1 aliphatic carbocycles. The quantitative estimate of drug-likeness (QED) is 0.531. The van der Waals surface area contributed by atoms with Crippen LogP contribution < -0.4 is 0 Å². The standard InChI is InChI=1S/C23H30N2O5/c1-2-29-23(28)18-13-11-17(12-14-18)21-24-22(30-25-21)19(15-20(26)27)10-6-9-16-7-4-3-5-8-16/h11-14,16,19H,2-10,15H2,1H3,(H,26,27). The van der Waals surface area contributed by atoms with Crippen molar-refractivity contribution >= 4 is 11.9 Å². The number of esters is 1. The van der Waals surface area contributed by atoms with Crippen LogP contribution in [0.1, 0.15) is 86.9 Å². The average Bonchev–Trinajstić information content (AvgIpc) is 3.24. The summed E-state index contributed by atoms with van der Waals surface area (Å²) in [4.78, 5) is 27.6. The van der Waals surface area contributed by atoms with Crippen LogP contribution in [0.25, 0.3) is 11.4 Å². The zero-order valence-corrected chi connectivity index (χ0v) is 17.5. The van der Waals surface area contributed by atoms with Crippen molar-refractivity contribution in [2.75, 3.05) is 6.61 Å². The molecule has 0 radical (unpaired) electrons. The van der Waals surface area contributed by atoms with Crippen molar-refractivity contribution in [3.8, 4) is 11.4 Å². The summed E-state index contributed by atoms with van der Waals surface area (Å²) in [5.74, 6) is -0.00586. The van der Waals surface area contributed by atoms with Crippen LogP contribution in [0.3, 0.4) is 0 Å². The number of carbonyl (C=O) groups excluding carboxylic acids is 1. The van der Waals surface area contributed by atoms with Gasteiger partial charge < -0.3 is 14.4 Å². The molecule has 30 heavy (non-hydrogen) atoms. The number of carbonyl (C=O) groups is 2. The lowest BCUT2D eigenvalue weighted by Crippen LogP contribution is -2.10. The van der Waals surface area contributed by atoms with Crippen LogP contribution in [0.15, 0.2) is 28.8 Å². The van der Waals surface area contributed by atoms with Gasteiger partial charge >= 0.3 is 11.9 Å². The molecule has 7 nitrogen and oxygen atoms in total. The SMILES string of the molecule is CCOC(=O)c1ccc(-c2noc(C(CCCC3CCCCC3)CC(=O)O)n2)cc1. The number of carboxylic acid groups (broad SMARTS) is 1. The van der Waals surface area contributed by atoms with E-state index in [1.165, 1.54) is 32.1 Å². The first-order valence-corrected chi connectivity index (χ1v) is 10.9. The number of carboxylic acids is 1. The van der Waals surface area contributed by atoms with E-state index < -0.39 is 5.97 Å². The minimum atomic E-state index is -0.865. The molecule has 1 heterocycles. The minimum Gasteiger partial charge on any atom is -0.481 e. The predicted octanol–water partition coefficient (Wildman–Crippen LogP) is 5.22. The first kappa shape index (κ1) is 22.0. The van der Waals surface area contributed by atoms with Crippen LogP contribution in [0.4, 0.5) is 0 Å². The molecule has 2 aromatic rings. The van der Waals surface area contributed by atoms with Gasteiger partial charge in [0.05, 0.1) is 18.6 Å². The molecule has 1 unspecified atom stereocenters. The summed E-state index contributed by atoms with van der Waals surface area (Å²) in [5.41, 5.74) is 1.16. The van der Waals surface area contributed by atoms with Gasteiger partial charge in [-0.15, -0.1) is 0 Å². The number of aliphatic carboxylic acids is 1. The maximum absolute atomic E-state index is 11.8. The molecule has 1 N–H and O–H groups in total. The van der Waals surface area contributed by atoms with Crippen molar-refractivity contribution in [2.24, 2.45) is 5.92 Å². The normalized spacial score (nSPS) is 15.6. The lowest BCUT2D eigenvalue weighted by atomic mass is 9.84. The third-order valence-electron chi connectivity index (χ3n) is 5.76. The molecular weight excluding hydrogens is 384 g/mol. The fourth-order valence-electron chi connectivity index (χ4n) is 4.14. The molecule has 1 fully saturated rings. The predicted molar refractivity (Wildman–Crippen MR) is 111 cm³/mol. The zero-order chi connectivity index (χ0) is 21.3. The second-order valence-corrected chi connectivity index (χ2v) is 7.98. The number of benzene rings is 1. The van der Waals surface area contributed by atoms with E-state index in [4.69, 9.17) is 9.26 Å². The molecule has 0 spiro atoms. The van der Waals surface area contributed by atoms with E-state index in [1.807, 2.05) is 0 Å². The molecule has 162 valence electrons. The van der Waals surface area contributed by atoms with Gasteiger partial charge in [0, 0.05) is 11.5 Å². The highest BCUT2D eigenvalue weighted by atomic mass is 16.5. The summed E-state index contributed by atoms with van der Waals surface area (Å²) in [6, 6.07) is 6.77. The summed E-state index contributed by atoms with van der Waals surface area (Å²) in [6.07, 6.45) is 9.34. The summed E-state index contributed by atoms with van der Waals surface area (Å²) in [7, 11) is 0. The Labute approximate surface area is 176 Å². The molecule has 7 heteroatoms. The number of ether oxygens (including phenoxy) is 1. The summed E-state index contributed by atoms with van der Waals surface area (Å²) in [5, 5.41) is 13.3. The van der Waals surface area contributed by atoms with Crippen molar-refractivity contribution in [3.63, 3.8) is 0 Å². The van der Waals surface area contributed by atoms with E-state index in [0.717, 1.165) is 25.2 Å². The van der Waals surface area contributed by atoms with Crippen LogP contribution in [-0.2, 0) is 9.53 Å². The summed E-state index contributed by atoms with van der Waals surface area (Å²) < 4.78 is 10.4. The highest BCUT2D eigenvalue weighted by Crippen LogP contribution is 2.31. The van der Waals surface area contributed by atoms with Crippen LogP contribution >= 0.6 is 0 Å². The van der Waals surface area contributed by atoms with Gasteiger partial charge in [0.25, 0.3) is 0 Å². The molecule has 1 aromatic carbocycles. The zero-order valence-electron chi connectivity index (χ0n) is 17.5. The highest BCUT2D eigenvalue weighted by molar-refractivity contribution is 5.89. The molecule has 1 atom stereocenters. The van der Waals surface area contributed by atoms with Gasteiger partial charge in [-0.1, -0.05) is 62.2 Å². The van der Waals surface area contributed by atoms with Crippen molar-refractivity contribution in [3.05, 3.63) is 35.7 Å². The van der Waals surface area contributed by atoms with Crippen molar-refractivity contribution in [1.82, 2.24) is 10.1 Å². The Morgan fingerprint density at radius 1 is 1.20 bits per heavy atom. The van der Waals surface area contributed by atoms with Gasteiger partial charge in [0.15, 0.2) is 0 Å². The third kappa shape index (κ3) is 6.15. The van der Waals surface area contributed by atoms with E-state index in [-0.39, 0.29) is 18.3 Å². The van der Waals surface area contributed by atoms with Gasteiger partial charge in [-0.2, -0.15) is 4.98 Å². The van der Waals surface area contributed by atoms with Gasteiger partial charge in [-0.05, 0) is 31.4 Å². The molecule has 0 aliphatic heterocycles. The second-order valence-electron chi connectivity index (χ2n) is 7.98. The number of aromatic nitrogens is 2. The minimum absolute atomic E-state index is 0.0197. The number of rotatable bonds is 10. The fourth-order valence-corrected chi connectivity index (χ4v) is 4.14. The largest absolute Gasteiger partial charge is 0.481 e. The van der Waals surface area contributed by atoms with Crippen molar-refractivity contribution in [2.45, 2.75) is 70.6 Å². The molecule has 0 bridgehead atoms. The van der Waals surface area contributed by atoms with Gasteiger partial charge in [0.1, 0.15) is 0 Å². The van der Waals surface area contributed by atoms with Crippen LogP contribution in [0.5, 0.6) is 0 Å². The van der Waals surface area contributed by atoms with E-state index in [9.17, 15) is 14.7 Å². The van der Waals surface area contributed by atoms with Gasteiger partial charge in [0.2, 0.25) is 11.7 Å². The Morgan fingerprint density at radius 2 is 1.93 bits per heavy atom. The van der Waals surface area contributed by atoms with E-state index in [0.29, 0.717) is 29.4 Å². The smallest absolute Gasteiger partial charge is 0.338 e. The molecule has 0 amide bonds. The van der Waals surface area contributed by atoms with Crippen molar-refractivity contribution in [1.29, 1.82) is 0 Å². The molecular formula is C23H30N2O5. The van der Waals surface area contributed by atoms with E-state index in [2.05, 4.69) is 10.1 Å². The first-order valence-electron chi connectivity index (χ1n) is 10.9. The topological polar surface area (TPSA) is 103 Å². The Bertz CT molecular complexity index is 824. The molecule has 1 aliphatic rings. The Hall–Kier alpha value is -2.70. The second kappa shape index (κ2) is 10.9. The maximum atomic E-state index is 11.8. The maximum Gasteiger partial charge on any atom is 0.338 e. The van der Waals surface area contributed by atoms with Gasteiger partial charge in [-0.25, -0.2) is 4.79 Å². The van der Waals surface area contributed by atoms with Crippen LogP contribution in [0.2, 0.25) is 0 Å². The Morgan fingerprint density at radius 3 is 2.60 bits per heavy atom. The molecule has 1 aromatic heterocycles. The molecule has 3 rings (SSSR count). The monoisotopic (exact) mass is 414 g/mol. The van der Waals surface area contributed by atoms with Crippen LogP contribution in [0, 0.1) is 5.92 Å². The van der Waals surface area contributed by atoms with Crippen molar-refractivity contribution < 1.29 is 24.0 Å².